The molecule has 0 fully saturated rings. The first-order valence-corrected chi connectivity index (χ1v) is 6.03. The first-order chi connectivity index (χ1) is 8.85. The Bertz CT molecular complexity index is 479. The van der Waals surface area contributed by atoms with Gasteiger partial charge in [0.1, 0.15) is 0 Å². The van der Waals surface area contributed by atoms with E-state index in [0.29, 0.717) is 6.42 Å². The largest absolute Gasteiger partial charge is 0.395 e. The second-order valence-corrected chi connectivity index (χ2v) is 4.24. The number of rotatable bonds is 5. The molecule has 0 aromatic heterocycles. The Morgan fingerprint density at radius 1 is 0.833 bits per heavy atom. The monoisotopic (exact) mass is 241 g/mol. The molecular formula is C16H17O2. The van der Waals surface area contributed by atoms with Crippen LogP contribution in [0.15, 0.2) is 54.6 Å². The van der Waals surface area contributed by atoms with Crippen molar-refractivity contribution in [3.63, 3.8) is 0 Å². The Morgan fingerprint density at radius 3 is 2.17 bits per heavy atom. The van der Waals surface area contributed by atoms with Gasteiger partial charge in [0.05, 0.1) is 13.2 Å². The molecular weight excluding hydrogens is 224 g/mol. The van der Waals surface area contributed by atoms with Gasteiger partial charge in [0.15, 0.2) is 0 Å². The van der Waals surface area contributed by atoms with Gasteiger partial charge in [-0.3, -0.25) is 0 Å². The van der Waals surface area contributed by atoms with Crippen LogP contribution in [0, 0.1) is 5.92 Å². The average Bonchev–Trinajstić information content (AvgIpc) is 2.46. The summed E-state index contributed by atoms with van der Waals surface area (Å²) >= 11 is 0. The van der Waals surface area contributed by atoms with Crippen molar-refractivity contribution in [2.24, 2.45) is 0 Å². The summed E-state index contributed by atoms with van der Waals surface area (Å²) in [4.78, 5) is 0. The summed E-state index contributed by atoms with van der Waals surface area (Å²) in [7, 11) is 0. The molecule has 0 unspecified atom stereocenters. The standard InChI is InChI=1S/C16H17O2/c17-11-14-8-4-5-9-16(14)15(12-18)10-13-6-2-1-3-7-13/h1-9,17-18H,10-12H2. The third-order valence-corrected chi connectivity index (χ3v) is 3.02. The highest BCUT2D eigenvalue weighted by molar-refractivity contribution is 5.40. The van der Waals surface area contributed by atoms with Crippen molar-refractivity contribution in [2.45, 2.75) is 13.0 Å². The molecule has 0 bridgehead atoms. The van der Waals surface area contributed by atoms with E-state index in [9.17, 15) is 10.2 Å². The van der Waals surface area contributed by atoms with E-state index < -0.39 is 0 Å². The van der Waals surface area contributed by atoms with E-state index in [1.54, 1.807) is 0 Å². The van der Waals surface area contributed by atoms with Gasteiger partial charge < -0.3 is 10.2 Å². The maximum Gasteiger partial charge on any atom is 0.0684 e. The molecule has 2 heteroatoms. The number of hydrogen-bond acceptors (Lipinski definition) is 2. The van der Waals surface area contributed by atoms with Crippen LogP contribution in [0.4, 0.5) is 0 Å². The fourth-order valence-electron chi connectivity index (χ4n) is 2.08. The van der Waals surface area contributed by atoms with Crippen molar-refractivity contribution in [3.05, 3.63) is 77.2 Å². The summed E-state index contributed by atoms with van der Waals surface area (Å²) < 4.78 is 0. The molecule has 2 aromatic rings. The molecule has 18 heavy (non-hydrogen) atoms. The first-order valence-electron chi connectivity index (χ1n) is 6.03. The van der Waals surface area contributed by atoms with Gasteiger partial charge >= 0.3 is 0 Å². The van der Waals surface area contributed by atoms with Crippen molar-refractivity contribution >= 4 is 0 Å². The molecule has 2 nitrogen and oxygen atoms in total. The predicted molar refractivity (Wildman–Crippen MR) is 71.9 cm³/mol. The molecule has 0 amide bonds. The summed E-state index contributed by atoms with van der Waals surface area (Å²) in [5.74, 6) is 0.936. The van der Waals surface area contributed by atoms with Gasteiger partial charge in [-0.1, -0.05) is 54.6 Å². The molecule has 0 aliphatic heterocycles. The summed E-state index contributed by atoms with van der Waals surface area (Å²) in [6, 6.07) is 17.7. The summed E-state index contributed by atoms with van der Waals surface area (Å²) in [5.41, 5.74) is 2.97. The molecule has 1 radical (unpaired) electrons. The highest BCUT2D eigenvalue weighted by Gasteiger charge is 2.15. The predicted octanol–water partition coefficient (Wildman–Crippen LogP) is 2.34. The molecule has 0 aliphatic carbocycles. The van der Waals surface area contributed by atoms with Crippen LogP contribution in [0.3, 0.4) is 0 Å². The summed E-state index contributed by atoms with van der Waals surface area (Å²) in [5, 5.41) is 18.9. The Kier molecular flexibility index (Phi) is 4.51. The number of benzene rings is 2. The molecule has 93 valence electrons. The quantitative estimate of drug-likeness (QED) is 0.843. The zero-order valence-electron chi connectivity index (χ0n) is 10.2. The summed E-state index contributed by atoms with van der Waals surface area (Å²) in [6.07, 6.45) is 0.703. The smallest absolute Gasteiger partial charge is 0.0684 e. The van der Waals surface area contributed by atoms with E-state index in [-0.39, 0.29) is 13.2 Å². The molecule has 0 aliphatic rings. The minimum atomic E-state index is -0.00549. The number of aliphatic hydroxyl groups is 2. The zero-order valence-corrected chi connectivity index (χ0v) is 10.2. The van der Waals surface area contributed by atoms with Gasteiger partial charge in [-0.05, 0) is 23.1 Å². The Hall–Kier alpha value is -1.64. The summed E-state index contributed by atoms with van der Waals surface area (Å²) in [6.45, 7) is 0.000368. The van der Waals surface area contributed by atoms with Crippen LogP contribution in [-0.2, 0) is 13.0 Å². The van der Waals surface area contributed by atoms with Crippen molar-refractivity contribution < 1.29 is 10.2 Å². The van der Waals surface area contributed by atoms with Crippen molar-refractivity contribution in [1.82, 2.24) is 0 Å². The molecule has 0 heterocycles. The maximum absolute atomic E-state index is 9.54. The van der Waals surface area contributed by atoms with Gasteiger partial charge in [0, 0.05) is 5.92 Å². The lowest BCUT2D eigenvalue weighted by molar-refractivity contribution is 0.278. The Labute approximate surface area is 108 Å². The van der Waals surface area contributed by atoms with E-state index in [0.717, 1.165) is 22.6 Å². The normalized spacial score (nSPS) is 10.8. The molecule has 2 rings (SSSR count). The molecule has 0 atom stereocenters. The van der Waals surface area contributed by atoms with Crippen LogP contribution >= 0.6 is 0 Å². The van der Waals surface area contributed by atoms with E-state index >= 15 is 0 Å². The van der Waals surface area contributed by atoms with Crippen molar-refractivity contribution in [3.8, 4) is 0 Å². The SMILES string of the molecule is OC[C](Cc1ccccc1)c1ccccc1CO. The van der Waals surface area contributed by atoms with Gasteiger partial charge in [0.2, 0.25) is 0 Å². The lowest BCUT2D eigenvalue weighted by Gasteiger charge is -2.17. The maximum atomic E-state index is 9.54. The van der Waals surface area contributed by atoms with Gasteiger partial charge in [0.25, 0.3) is 0 Å². The first kappa shape index (κ1) is 12.8. The van der Waals surface area contributed by atoms with Crippen LogP contribution in [0.5, 0.6) is 0 Å². The van der Waals surface area contributed by atoms with Crippen molar-refractivity contribution in [2.75, 3.05) is 6.61 Å². The van der Waals surface area contributed by atoms with Crippen LogP contribution in [0.2, 0.25) is 0 Å². The molecule has 2 aromatic carbocycles. The molecule has 0 saturated carbocycles. The Morgan fingerprint density at radius 2 is 1.50 bits per heavy atom. The lowest BCUT2D eigenvalue weighted by Crippen LogP contribution is -2.11. The fourth-order valence-corrected chi connectivity index (χ4v) is 2.08. The van der Waals surface area contributed by atoms with Gasteiger partial charge in [-0.2, -0.15) is 0 Å². The minimum absolute atomic E-state index is 0.00549. The third kappa shape index (κ3) is 2.97. The van der Waals surface area contributed by atoms with Crippen molar-refractivity contribution in [1.29, 1.82) is 0 Å². The van der Waals surface area contributed by atoms with Gasteiger partial charge in [-0.25, -0.2) is 0 Å². The average molecular weight is 241 g/mol. The third-order valence-electron chi connectivity index (χ3n) is 3.02. The minimum Gasteiger partial charge on any atom is -0.395 e. The zero-order chi connectivity index (χ0) is 12.8. The van der Waals surface area contributed by atoms with E-state index in [4.69, 9.17) is 0 Å². The van der Waals surface area contributed by atoms with Gasteiger partial charge in [-0.15, -0.1) is 0 Å². The Balaban J connectivity index is 2.23. The van der Waals surface area contributed by atoms with E-state index in [2.05, 4.69) is 0 Å². The fraction of sp³-hybridized carbons (Fsp3) is 0.188. The number of hydrogen-bond donors (Lipinski definition) is 2. The van der Waals surface area contributed by atoms with Crippen LogP contribution < -0.4 is 0 Å². The second kappa shape index (κ2) is 6.34. The highest BCUT2D eigenvalue weighted by atomic mass is 16.3. The number of aliphatic hydroxyl groups excluding tert-OH is 2. The van der Waals surface area contributed by atoms with E-state index in [1.807, 2.05) is 54.6 Å². The molecule has 0 spiro atoms. The lowest BCUT2D eigenvalue weighted by atomic mass is 9.89. The molecule has 0 saturated heterocycles. The topological polar surface area (TPSA) is 40.5 Å². The highest BCUT2D eigenvalue weighted by Crippen LogP contribution is 2.23. The van der Waals surface area contributed by atoms with E-state index in [1.165, 1.54) is 0 Å². The molecule has 2 N–H and O–H groups in total. The van der Waals surface area contributed by atoms with Crippen LogP contribution in [0.1, 0.15) is 16.7 Å². The van der Waals surface area contributed by atoms with Crippen LogP contribution in [-0.4, -0.2) is 16.8 Å². The second-order valence-electron chi connectivity index (χ2n) is 4.24. The van der Waals surface area contributed by atoms with Crippen LogP contribution in [0.25, 0.3) is 0 Å².